The molecule has 2 atom stereocenters. The lowest BCUT2D eigenvalue weighted by atomic mass is 10.2. The van der Waals surface area contributed by atoms with Gasteiger partial charge in [0.1, 0.15) is 0 Å². The van der Waals surface area contributed by atoms with Crippen LogP contribution in [0.5, 0.6) is 0 Å². The van der Waals surface area contributed by atoms with Crippen molar-refractivity contribution in [3.63, 3.8) is 0 Å². The molecule has 1 aliphatic rings. The Balaban J connectivity index is 2.11. The van der Waals surface area contributed by atoms with E-state index in [0.29, 0.717) is 29.3 Å². The predicted molar refractivity (Wildman–Crippen MR) is 81.6 cm³/mol. The lowest BCUT2D eigenvalue weighted by Gasteiger charge is -2.33. The first-order chi connectivity index (χ1) is 8.87. The number of rotatable bonds is 3. The van der Waals surface area contributed by atoms with Gasteiger partial charge >= 0.3 is 0 Å². The van der Waals surface area contributed by atoms with Crippen LogP contribution in [-0.4, -0.2) is 36.3 Å². The highest BCUT2D eigenvalue weighted by atomic mass is 32.2. The van der Waals surface area contributed by atoms with E-state index < -0.39 is 10.0 Å². The summed E-state index contributed by atoms with van der Waals surface area (Å²) < 4.78 is 26.5. The minimum absolute atomic E-state index is 0.0530. The molecule has 1 saturated heterocycles. The molecule has 2 N–H and O–H groups in total. The molecule has 2 rings (SSSR count). The molecule has 0 aromatic heterocycles. The van der Waals surface area contributed by atoms with Gasteiger partial charge in [-0.05, 0) is 17.7 Å². The Kier molecular flexibility index (Phi) is 4.43. The summed E-state index contributed by atoms with van der Waals surface area (Å²) in [6, 6.07) is 7.03. The van der Waals surface area contributed by atoms with Crippen LogP contribution in [0.15, 0.2) is 24.3 Å². The summed E-state index contributed by atoms with van der Waals surface area (Å²) in [7, 11) is -3.24. The van der Waals surface area contributed by atoms with Gasteiger partial charge in [0.15, 0.2) is 0 Å². The molecule has 19 heavy (non-hydrogen) atoms. The van der Waals surface area contributed by atoms with Crippen LogP contribution in [0.2, 0.25) is 0 Å². The molecule has 0 radical (unpaired) electrons. The van der Waals surface area contributed by atoms with E-state index in [1.807, 2.05) is 11.8 Å². The summed E-state index contributed by atoms with van der Waals surface area (Å²) in [6.07, 6.45) is 0. The topological polar surface area (TPSA) is 63.4 Å². The first kappa shape index (κ1) is 14.7. The predicted octanol–water partition coefficient (Wildman–Crippen LogP) is 1.92. The molecule has 1 aliphatic heterocycles. The van der Waals surface area contributed by atoms with Crippen LogP contribution in [0.4, 0.5) is 5.69 Å². The second-order valence-corrected chi connectivity index (χ2v) is 8.92. The van der Waals surface area contributed by atoms with Gasteiger partial charge in [0, 0.05) is 29.3 Å². The molecule has 1 heterocycles. The summed E-state index contributed by atoms with van der Waals surface area (Å²) in [5, 5.41) is 0.704. The molecular weight excluding hydrogens is 280 g/mol. The summed E-state index contributed by atoms with van der Waals surface area (Å²) in [5.41, 5.74) is 7.04. The van der Waals surface area contributed by atoms with Crippen molar-refractivity contribution in [1.29, 1.82) is 0 Å². The maximum absolute atomic E-state index is 12.4. The normalized spacial score (nSPS) is 25.4. The zero-order valence-electron chi connectivity index (χ0n) is 11.2. The summed E-state index contributed by atoms with van der Waals surface area (Å²) in [6.45, 7) is 5.36. The first-order valence-corrected chi connectivity index (χ1v) is 8.90. The first-order valence-electron chi connectivity index (χ1n) is 6.34. The van der Waals surface area contributed by atoms with Gasteiger partial charge in [0.2, 0.25) is 10.0 Å². The van der Waals surface area contributed by atoms with Crippen LogP contribution < -0.4 is 5.73 Å². The second-order valence-electron chi connectivity index (χ2n) is 5.07. The van der Waals surface area contributed by atoms with Crippen molar-refractivity contribution in [2.75, 3.05) is 18.8 Å². The molecule has 0 amide bonds. The van der Waals surface area contributed by atoms with Gasteiger partial charge in [-0.1, -0.05) is 26.0 Å². The highest BCUT2D eigenvalue weighted by molar-refractivity contribution is 8.00. The van der Waals surface area contributed by atoms with Crippen LogP contribution in [0, 0.1) is 0 Å². The van der Waals surface area contributed by atoms with Crippen molar-refractivity contribution in [2.45, 2.75) is 30.1 Å². The quantitative estimate of drug-likeness (QED) is 0.866. The van der Waals surface area contributed by atoms with E-state index in [0.717, 1.165) is 5.56 Å². The van der Waals surface area contributed by atoms with Gasteiger partial charge in [0.05, 0.1) is 5.75 Å². The smallest absolute Gasteiger partial charge is 0.218 e. The molecule has 0 spiro atoms. The number of hydrogen-bond acceptors (Lipinski definition) is 4. The van der Waals surface area contributed by atoms with Crippen LogP contribution in [-0.2, 0) is 15.8 Å². The maximum Gasteiger partial charge on any atom is 0.218 e. The fourth-order valence-corrected chi connectivity index (χ4v) is 5.49. The molecule has 1 fully saturated rings. The van der Waals surface area contributed by atoms with Crippen molar-refractivity contribution in [3.05, 3.63) is 29.8 Å². The van der Waals surface area contributed by atoms with Crippen LogP contribution in [0.3, 0.4) is 0 Å². The van der Waals surface area contributed by atoms with Gasteiger partial charge in [-0.2, -0.15) is 16.1 Å². The van der Waals surface area contributed by atoms with Crippen molar-refractivity contribution < 1.29 is 8.42 Å². The molecule has 0 aliphatic carbocycles. The second kappa shape index (κ2) is 5.73. The van der Waals surface area contributed by atoms with Crippen LogP contribution in [0.25, 0.3) is 0 Å². The standard InChI is InChI=1S/C13H20N2O2S2/c1-10-7-15(8-11(2)18-10)19(16,17)9-12-3-5-13(14)6-4-12/h3-6,10-11H,7-9,14H2,1-2H3. The maximum atomic E-state index is 12.4. The third kappa shape index (κ3) is 3.87. The Morgan fingerprint density at radius 2 is 1.74 bits per heavy atom. The number of benzene rings is 1. The van der Waals surface area contributed by atoms with E-state index in [9.17, 15) is 8.42 Å². The third-order valence-corrected chi connectivity index (χ3v) is 6.12. The zero-order chi connectivity index (χ0) is 14.0. The monoisotopic (exact) mass is 300 g/mol. The van der Waals surface area contributed by atoms with Crippen molar-refractivity contribution >= 4 is 27.5 Å². The fraction of sp³-hybridized carbons (Fsp3) is 0.538. The molecule has 1 aromatic carbocycles. The number of nitrogens with two attached hydrogens (primary N) is 1. The van der Waals surface area contributed by atoms with Gasteiger partial charge < -0.3 is 5.73 Å². The number of anilines is 1. The Morgan fingerprint density at radius 3 is 2.26 bits per heavy atom. The highest BCUT2D eigenvalue weighted by Gasteiger charge is 2.30. The largest absolute Gasteiger partial charge is 0.399 e. The molecule has 2 unspecified atom stereocenters. The van der Waals surface area contributed by atoms with E-state index in [1.54, 1.807) is 28.6 Å². The van der Waals surface area contributed by atoms with E-state index in [4.69, 9.17) is 5.73 Å². The van der Waals surface area contributed by atoms with Crippen molar-refractivity contribution in [1.82, 2.24) is 4.31 Å². The number of hydrogen-bond donors (Lipinski definition) is 1. The zero-order valence-corrected chi connectivity index (χ0v) is 12.9. The van der Waals surface area contributed by atoms with Gasteiger partial charge in [0.25, 0.3) is 0 Å². The van der Waals surface area contributed by atoms with Crippen LogP contribution in [0.1, 0.15) is 19.4 Å². The Hall–Kier alpha value is -0.720. The number of nitrogens with zero attached hydrogens (tertiary/aromatic N) is 1. The molecule has 0 saturated carbocycles. The Bertz CT molecular complexity index is 518. The summed E-state index contributed by atoms with van der Waals surface area (Å²) in [4.78, 5) is 0. The minimum atomic E-state index is -3.24. The SMILES string of the molecule is CC1CN(S(=O)(=O)Cc2ccc(N)cc2)CC(C)S1. The minimum Gasteiger partial charge on any atom is -0.399 e. The van der Waals surface area contributed by atoms with Gasteiger partial charge in [-0.3, -0.25) is 0 Å². The summed E-state index contributed by atoms with van der Waals surface area (Å²) >= 11 is 1.85. The van der Waals surface area contributed by atoms with E-state index in [2.05, 4.69) is 13.8 Å². The number of thioether (sulfide) groups is 1. The Labute approximate surface area is 119 Å². The van der Waals surface area contributed by atoms with E-state index in [-0.39, 0.29) is 5.75 Å². The van der Waals surface area contributed by atoms with Crippen molar-refractivity contribution in [2.24, 2.45) is 0 Å². The number of nitrogen functional groups attached to an aromatic ring is 1. The Morgan fingerprint density at radius 1 is 1.21 bits per heavy atom. The van der Waals surface area contributed by atoms with Gasteiger partial charge in [-0.25, -0.2) is 8.42 Å². The summed E-state index contributed by atoms with van der Waals surface area (Å²) in [5.74, 6) is 0.0530. The average molecular weight is 300 g/mol. The van der Waals surface area contributed by atoms with E-state index >= 15 is 0 Å². The van der Waals surface area contributed by atoms with E-state index in [1.165, 1.54) is 0 Å². The van der Waals surface area contributed by atoms with Gasteiger partial charge in [-0.15, -0.1) is 0 Å². The fourth-order valence-electron chi connectivity index (χ4n) is 2.27. The average Bonchev–Trinajstić information content (AvgIpc) is 2.31. The molecule has 0 bridgehead atoms. The lowest BCUT2D eigenvalue weighted by molar-refractivity contribution is 0.404. The molecule has 6 heteroatoms. The molecule has 106 valence electrons. The molecule has 1 aromatic rings. The third-order valence-electron chi connectivity index (χ3n) is 3.11. The lowest BCUT2D eigenvalue weighted by Crippen LogP contribution is -2.44. The van der Waals surface area contributed by atoms with Crippen LogP contribution >= 0.6 is 11.8 Å². The highest BCUT2D eigenvalue weighted by Crippen LogP contribution is 2.27. The number of sulfonamides is 1. The molecule has 4 nitrogen and oxygen atoms in total. The van der Waals surface area contributed by atoms with Crippen molar-refractivity contribution in [3.8, 4) is 0 Å². The molecular formula is C13H20N2O2S2.